The molecule has 0 aromatic heterocycles. The molecule has 0 aliphatic heterocycles. The summed E-state index contributed by atoms with van der Waals surface area (Å²) >= 11 is -1.77. The fraction of sp³-hybridized carbons (Fsp3) is 0.750. The van der Waals surface area contributed by atoms with E-state index < -0.39 is 18.4 Å². The minimum atomic E-state index is -1.77. The van der Waals surface area contributed by atoms with E-state index in [4.69, 9.17) is 5.11 Å². The number of allylic oxidation sites excluding steroid dienone is 1. The van der Waals surface area contributed by atoms with Gasteiger partial charge >= 0.3 is 67.9 Å². The van der Waals surface area contributed by atoms with Gasteiger partial charge in [-0.15, -0.1) is 0 Å². The molecule has 0 radical (unpaired) electrons. The van der Waals surface area contributed by atoms with E-state index in [2.05, 4.69) is 21.4 Å². The van der Waals surface area contributed by atoms with Gasteiger partial charge in [0.2, 0.25) is 0 Å². The minimum absolute atomic E-state index is 0.307. The van der Waals surface area contributed by atoms with E-state index in [1.54, 1.807) is 0 Å². The van der Waals surface area contributed by atoms with E-state index in [0.717, 1.165) is 12.8 Å². The van der Waals surface area contributed by atoms with E-state index in [9.17, 15) is 0 Å². The third kappa shape index (κ3) is 4.34. The summed E-state index contributed by atoms with van der Waals surface area (Å²) in [5.74, 6) is 0. The van der Waals surface area contributed by atoms with E-state index in [1.807, 2.05) is 0 Å². The SMILES string of the molecule is C=[C](CCCO)[Sn]([CH3])([CH3])[CH3]. The molecule has 0 amide bonds. The second-order valence-electron chi connectivity index (χ2n) is 3.68. The van der Waals surface area contributed by atoms with Crippen LogP contribution in [-0.2, 0) is 0 Å². The van der Waals surface area contributed by atoms with E-state index >= 15 is 0 Å². The van der Waals surface area contributed by atoms with Crippen LogP contribution in [0.3, 0.4) is 0 Å². The summed E-state index contributed by atoms with van der Waals surface area (Å²) in [4.78, 5) is 7.07. The fourth-order valence-electron chi connectivity index (χ4n) is 0.667. The summed E-state index contributed by atoms with van der Waals surface area (Å²) in [6.07, 6.45) is 1.93. The Labute approximate surface area is 68.0 Å². The van der Waals surface area contributed by atoms with Gasteiger partial charge in [-0.1, -0.05) is 0 Å². The average molecular weight is 249 g/mol. The summed E-state index contributed by atoms with van der Waals surface area (Å²) in [5.41, 5.74) is 0. The molecule has 0 aliphatic carbocycles. The Morgan fingerprint density at radius 2 is 1.90 bits per heavy atom. The first-order valence-corrected chi connectivity index (χ1v) is 13.8. The molecule has 0 spiro atoms. The zero-order valence-corrected chi connectivity index (χ0v) is 10.1. The third-order valence-corrected chi connectivity index (χ3v) is 8.47. The average Bonchev–Trinajstić information content (AvgIpc) is 1.80. The molecule has 2 heteroatoms. The van der Waals surface area contributed by atoms with Gasteiger partial charge < -0.3 is 0 Å². The molecule has 0 heterocycles. The summed E-state index contributed by atoms with van der Waals surface area (Å²) in [5, 5.41) is 8.56. The van der Waals surface area contributed by atoms with Crippen molar-refractivity contribution in [1.82, 2.24) is 0 Å². The summed E-state index contributed by atoms with van der Waals surface area (Å²) in [6, 6.07) is 0. The van der Waals surface area contributed by atoms with Crippen LogP contribution >= 0.6 is 0 Å². The van der Waals surface area contributed by atoms with Gasteiger partial charge in [0.15, 0.2) is 0 Å². The van der Waals surface area contributed by atoms with Gasteiger partial charge in [0.1, 0.15) is 0 Å². The summed E-state index contributed by atoms with van der Waals surface area (Å²) < 4.78 is 1.43. The third-order valence-electron chi connectivity index (χ3n) is 1.70. The summed E-state index contributed by atoms with van der Waals surface area (Å²) in [6.45, 7) is 4.35. The molecule has 0 unspecified atom stereocenters. The van der Waals surface area contributed by atoms with Crippen molar-refractivity contribution in [1.29, 1.82) is 0 Å². The van der Waals surface area contributed by atoms with Crippen molar-refractivity contribution in [2.75, 3.05) is 6.61 Å². The van der Waals surface area contributed by atoms with Gasteiger partial charge in [-0.05, 0) is 0 Å². The van der Waals surface area contributed by atoms with Crippen LogP contribution in [0.1, 0.15) is 12.8 Å². The number of aliphatic hydroxyl groups excluding tert-OH is 1. The first kappa shape index (κ1) is 10.5. The van der Waals surface area contributed by atoms with Crippen LogP contribution in [0.4, 0.5) is 0 Å². The molecule has 0 aliphatic rings. The van der Waals surface area contributed by atoms with Gasteiger partial charge in [0, 0.05) is 0 Å². The Balaban J connectivity index is 3.64. The molecule has 0 bridgehead atoms. The molecule has 0 aromatic rings. The zero-order valence-electron chi connectivity index (χ0n) is 7.28. The molecule has 10 heavy (non-hydrogen) atoms. The molecule has 60 valence electrons. The van der Waals surface area contributed by atoms with Crippen LogP contribution in [0.25, 0.3) is 0 Å². The number of rotatable bonds is 4. The molecule has 0 saturated carbocycles. The molecule has 0 fully saturated rings. The second-order valence-corrected chi connectivity index (χ2v) is 18.5. The maximum absolute atomic E-state index is 8.56. The van der Waals surface area contributed by atoms with Crippen LogP contribution in [0.2, 0.25) is 14.8 Å². The van der Waals surface area contributed by atoms with Crippen molar-refractivity contribution in [2.45, 2.75) is 27.7 Å². The van der Waals surface area contributed by atoms with Crippen LogP contribution < -0.4 is 0 Å². The molecular formula is C8H18OSn. The maximum atomic E-state index is 8.56. The molecule has 0 atom stereocenters. The van der Waals surface area contributed by atoms with Gasteiger partial charge in [-0.25, -0.2) is 0 Å². The molecule has 0 saturated heterocycles. The van der Waals surface area contributed by atoms with Crippen LogP contribution in [-0.4, -0.2) is 30.1 Å². The van der Waals surface area contributed by atoms with Crippen molar-refractivity contribution in [3.8, 4) is 0 Å². The number of hydrogen-bond acceptors (Lipinski definition) is 1. The van der Waals surface area contributed by atoms with Crippen LogP contribution in [0, 0.1) is 0 Å². The van der Waals surface area contributed by atoms with Crippen molar-refractivity contribution in [3.63, 3.8) is 0 Å². The van der Waals surface area contributed by atoms with Crippen LogP contribution in [0.15, 0.2) is 10.2 Å². The fourth-order valence-corrected chi connectivity index (χ4v) is 3.31. The standard InChI is InChI=1S/C5H9O.3CH3.Sn/c1-2-3-4-5-6;;;;/h6H,1,3-5H2;3*1H3;. The van der Waals surface area contributed by atoms with Gasteiger partial charge in [-0.3, -0.25) is 0 Å². The molecule has 1 nitrogen and oxygen atoms in total. The molecule has 0 rings (SSSR count). The first-order chi connectivity index (χ1) is 4.48. The van der Waals surface area contributed by atoms with E-state index in [1.165, 1.54) is 3.59 Å². The van der Waals surface area contributed by atoms with Crippen LogP contribution in [0.5, 0.6) is 0 Å². The van der Waals surface area contributed by atoms with Crippen molar-refractivity contribution < 1.29 is 5.11 Å². The predicted molar refractivity (Wildman–Crippen MR) is 48.8 cm³/mol. The monoisotopic (exact) mass is 250 g/mol. The normalized spacial score (nSPS) is 11.6. The molecular weight excluding hydrogens is 231 g/mol. The Kier molecular flexibility index (Phi) is 4.61. The van der Waals surface area contributed by atoms with Crippen molar-refractivity contribution >= 4 is 18.4 Å². The van der Waals surface area contributed by atoms with Gasteiger partial charge in [0.25, 0.3) is 0 Å². The van der Waals surface area contributed by atoms with Crippen molar-refractivity contribution in [2.24, 2.45) is 0 Å². The second kappa shape index (κ2) is 4.39. The first-order valence-electron chi connectivity index (χ1n) is 3.77. The Bertz CT molecular complexity index is 113. The van der Waals surface area contributed by atoms with Crippen molar-refractivity contribution in [3.05, 3.63) is 10.2 Å². The topological polar surface area (TPSA) is 20.2 Å². The van der Waals surface area contributed by atoms with E-state index in [0.29, 0.717) is 6.61 Å². The molecule has 0 aromatic carbocycles. The number of hydrogen-bond donors (Lipinski definition) is 1. The predicted octanol–water partition coefficient (Wildman–Crippen LogP) is 2.19. The Morgan fingerprint density at radius 1 is 1.40 bits per heavy atom. The van der Waals surface area contributed by atoms with E-state index in [-0.39, 0.29) is 0 Å². The zero-order chi connectivity index (χ0) is 8.20. The molecule has 1 N–H and O–H groups in total. The van der Waals surface area contributed by atoms with Gasteiger partial charge in [0.05, 0.1) is 0 Å². The Morgan fingerprint density at radius 3 is 2.20 bits per heavy atom. The quantitative estimate of drug-likeness (QED) is 0.757. The summed E-state index contributed by atoms with van der Waals surface area (Å²) in [7, 11) is 0. The Hall–Kier alpha value is 0.499. The van der Waals surface area contributed by atoms with Gasteiger partial charge in [-0.2, -0.15) is 0 Å². The number of aliphatic hydroxyl groups is 1.